The maximum Gasteiger partial charge on any atom is 0.422 e. The second-order valence-electron chi connectivity index (χ2n) is 5.52. The molecule has 2 N–H and O–H groups in total. The molecule has 1 aliphatic rings. The van der Waals surface area contributed by atoms with Gasteiger partial charge in [0.1, 0.15) is 0 Å². The van der Waals surface area contributed by atoms with Gasteiger partial charge in [-0.3, -0.25) is 0 Å². The van der Waals surface area contributed by atoms with Gasteiger partial charge >= 0.3 is 16.3 Å². The quantitative estimate of drug-likeness (QED) is 0.759. The normalized spacial score (nSPS) is 19.9. The fraction of sp³-hybridized carbons (Fsp3) is 0.917. The summed E-state index contributed by atoms with van der Waals surface area (Å²) in [5.74, 6) is 0. The summed E-state index contributed by atoms with van der Waals surface area (Å²) in [7, 11) is -3.89. The van der Waals surface area contributed by atoms with Gasteiger partial charge in [0, 0.05) is 18.6 Å². The Morgan fingerprint density at radius 2 is 2.05 bits per heavy atom. The third-order valence-corrected chi connectivity index (χ3v) is 4.62. The Balaban J connectivity index is 2.70. The smallest absolute Gasteiger partial charge is 0.422 e. The fourth-order valence-electron chi connectivity index (χ4n) is 2.12. The minimum atomic E-state index is -3.89. The average molecular weight is 307 g/mol. The standard InChI is InChI=1S/C12H25N3O4S/c1-9(2)15(8-11-6-5-7-13-11)20(17,18)14-12(16)19-10(3)4/h9-11,13H,5-8H2,1-4H3,(H,14,16). The highest BCUT2D eigenvalue weighted by Crippen LogP contribution is 2.12. The number of ether oxygens (including phenoxy) is 1. The number of hydrogen-bond donors (Lipinski definition) is 2. The largest absolute Gasteiger partial charge is 0.446 e. The monoisotopic (exact) mass is 307 g/mol. The van der Waals surface area contributed by atoms with Gasteiger partial charge in [-0.25, -0.2) is 9.52 Å². The zero-order valence-electron chi connectivity index (χ0n) is 12.5. The van der Waals surface area contributed by atoms with Crippen LogP contribution in [0.25, 0.3) is 0 Å². The Labute approximate surface area is 121 Å². The van der Waals surface area contributed by atoms with Crippen molar-refractivity contribution in [3.63, 3.8) is 0 Å². The minimum Gasteiger partial charge on any atom is -0.446 e. The highest BCUT2D eigenvalue weighted by Gasteiger charge is 2.30. The zero-order valence-corrected chi connectivity index (χ0v) is 13.4. The summed E-state index contributed by atoms with van der Waals surface area (Å²) in [5.41, 5.74) is 0. The highest BCUT2D eigenvalue weighted by molar-refractivity contribution is 7.87. The molecule has 118 valence electrons. The van der Waals surface area contributed by atoms with Crippen molar-refractivity contribution in [3.05, 3.63) is 0 Å². The Morgan fingerprint density at radius 1 is 1.40 bits per heavy atom. The summed E-state index contributed by atoms with van der Waals surface area (Å²) in [6.07, 6.45) is 0.675. The van der Waals surface area contributed by atoms with E-state index < -0.39 is 16.3 Å². The number of nitrogens with zero attached hydrogens (tertiary/aromatic N) is 1. The second kappa shape index (κ2) is 7.24. The van der Waals surface area contributed by atoms with Crippen molar-refractivity contribution < 1.29 is 17.9 Å². The number of nitrogens with one attached hydrogen (secondary N) is 2. The van der Waals surface area contributed by atoms with Crippen LogP contribution in [-0.4, -0.2) is 50.1 Å². The van der Waals surface area contributed by atoms with Gasteiger partial charge < -0.3 is 10.1 Å². The van der Waals surface area contributed by atoms with Crippen LogP contribution >= 0.6 is 0 Å². The number of hydrogen-bond acceptors (Lipinski definition) is 5. The van der Waals surface area contributed by atoms with E-state index in [0.29, 0.717) is 6.54 Å². The molecule has 1 rings (SSSR count). The van der Waals surface area contributed by atoms with E-state index in [9.17, 15) is 13.2 Å². The van der Waals surface area contributed by atoms with Gasteiger partial charge in [0.2, 0.25) is 0 Å². The van der Waals surface area contributed by atoms with Crippen LogP contribution in [-0.2, 0) is 14.9 Å². The molecule has 0 aliphatic carbocycles. The first kappa shape index (κ1) is 17.2. The first-order valence-corrected chi connectivity index (χ1v) is 8.40. The lowest BCUT2D eigenvalue weighted by molar-refractivity contribution is 0.120. The molecule has 20 heavy (non-hydrogen) atoms. The molecule has 0 spiro atoms. The molecule has 1 fully saturated rings. The maximum absolute atomic E-state index is 12.2. The Bertz CT molecular complexity index is 416. The lowest BCUT2D eigenvalue weighted by Gasteiger charge is -2.28. The van der Waals surface area contributed by atoms with E-state index in [4.69, 9.17) is 4.74 Å². The van der Waals surface area contributed by atoms with Crippen LogP contribution in [0.15, 0.2) is 0 Å². The summed E-state index contributed by atoms with van der Waals surface area (Å²) in [6, 6.07) is -0.100. The third-order valence-electron chi connectivity index (χ3n) is 3.00. The molecule has 1 saturated heterocycles. The maximum atomic E-state index is 12.2. The molecular formula is C12H25N3O4S. The van der Waals surface area contributed by atoms with Crippen LogP contribution in [0.5, 0.6) is 0 Å². The number of amides is 1. The van der Waals surface area contributed by atoms with Gasteiger partial charge in [0.15, 0.2) is 0 Å². The zero-order chi connectivity index (χ0) is 15.3. The van der Waals surface area contributed by atoms with Crippen molar-refractivity contribution in [1.29, 1.82) is 0 Å². The molecule has 0 radical (unpaired) electrons. The van der Waals surface area contributed by atoms with Crippen molar-refractivity contribution in [1.82, 2.24) is 14.3 Å². The van der Waals surface area contributed by atoms with Crippen LogP contribution in [0.4, 0.5) is 4.79 Å². The summed E-state index contributed by atoms with van der Waals surface area (Å²) in [6.45, 7) is 8.13. The van der Waals surface area contributed by atoms with Gasteiger partial charge in [-0.2, -0.15) is 12.7 Å². The summed E-state index contributed by atoms with van der Waals surface area (Å²) >= 11 is 0. The summed E-state index contributed by atoms with van der Waals surface area (Å²) < 4.78 is 32.5. The molecular weight excluding hydrogens is 282 g/mol. The van der Waals surface area contributed by atoms with Gasteiger partial charge in [-0.05, 0) is 47.1 Å². The van der Waals surface area contributed by atoms with Gasteiger partial charge in [0.25, 0.3) is 0 Å². The van der Waals surface area contributed by atoms with Gasteiger partial charge in [-0.1, -0.05) is 0 Å². The van der Waals surface area contributed by atoms with Crippen molar-refractivity contribution in [2.24, 2.45) is 0 Å². The average Bonchev–Trinajstić information content (AvgIpc) is 2.75. The minimum absolute atomic E-state index is 0.134. The Hall–Kier alpha value is -0.860. The van der Waals surface area contributed by atoms with E-state index in [-0.39, 0.29) is 18.2 Å². The highest BCUT2D eigenvalue weighted by atomic mass is 32.2. The predicted octanol–water partition coefficient (Wildman–Crippen LogP) is 0.828. The SMILES string of the molecule is CC(C)OC(=O)NS(=O)(=O)N(CC1CCCN1)C(C)C. The van der Waals surface area contributed by atoms with E-state index in [2.05, 4.69) is 5.32 Å². The number of rotatable bonds is 6. The number of carbonyl (C=O) groups excluding carboxylic acids is 1. The molecule has 0 saturated carbocycles. The van der Waals surface area contributed by atoms with Crippen molar-refractivity contribution in [2.45, 2.75) is 58.7 Å². The molecule has 1 atom stereocenters. The molecule has 8 heteroatoms. The molecule has 0 aromatic carbocycles. The Kier molecular flexibility index (Phi) is 6.22. The van der Waals surface area contributed by atoms with Crippen LogP contribution in [0, 0.1) is 0 Å². The van der Waals surface area contributed by atoms with E-state index in [1.54, 1.807) is 27.7 Å². The van der Waals surface area contributed by atoms with E-state index in [1.165, 1.54) is 4.31 Å². The van der Waals surface area contributed by atoms with Crippen LogP contribution in [0.1, 0.15) is 40.5 Å². The predicted molar refractivity (Wildman–Crippen MR) is 76.5 cm³/mol. The van der Waals surface area contributed by atoms with Crippen molar-refractivity contribution >= 4 is 16.3 Å². The van der Waals surface area contributed by atoms with E-state index in [0.717, 1.165) is 19.4 Å². The van der Waals surface area contributed by atoms with Crippen LogP contribution in [0.3, 0.4) is 0 Å². The molecule has 0 aromatic heterocycles. The molecule has 1 amide bonds. The van der Waals surface area contributed by atoms with Gasteiger partial charge in [-0.15, -0.1) is 0 Å². The van der Waals surface area contributed by atoms with Crippen molar-refractivity contribution in [3.8, 4) is 0 Å². The summed E-state index contributed by atoms with van der Waals surface area (Å²) in [4.78, 5) is 11.5. The molecule has 1 aliphatic heterocycles. The van der Waals surface area contributed by atoms with Gasteiger partial charge in [0.05, 0.1) is 6.10 Å². The second-order valence-corrected chi connectivity index (χ2v) is 7.14. The van der Waals surface area contributed by atoms with Crippen molar-refractivity contribution in [2.75, 3.05) is 13.1 Å². The molecule has 1 heterocycles. The topological polar surface area (TPSA) is 87.7 Å². The molecule has 7 nitrogen and oxygen atoms in total. The van der Waals surface area contributed by atoms with E-state index >= 15 is 0 Å². The Morgan fingerprint density at radius 3 is 2.50 bits per heavy atom. The lowest BCUT2D eigenvalue weighted by Crippen LogP contribution is -2.51. The first-order valence-electron chi connectivity index (χ1n) is 6.96. The van der Waals surface area contributed by atoms with E-state index in [1.807, 2.05) is 4.72 Å². The number of carbonyl (C=O) groups is 1. The molecule has 0 bridgehead atoms. The molecule has 1 unspecified atom stereocenters. The summed E-state index contributed by atoms with van der Waals surface area (Å²) in [5, 5.41) is 3.25. The third kappa shape index (κ3) is 5.26. The molecule has 0 aromatic rings. The van der Waals surface area contributed by atoms with Crippen LogP contribution < -0.4 is 10.0 Å². The lowest BCUT2D eigenvalue weighted by atomic mass is 10.2. The van der Waals surface area contributed by atoms with Crippen LogP contribution in [0.2, 0.25) is 0 Å². The fourth-order valence-corrected chi connectivity index (χ4v) is 3.43. The first-order chi connectivity index (χ1) is 9.22.